The topological polar surface area (TPSA) is 74.0 Å². The van der Waals surface area contributed by atoms with E-state index in [1.165, 1.54) is 0 Å². The number of fused-ring (bicyclic) bond motifs is 1. The number of rotatable bonds is 4. The first-order chi connectivity index (χ1) is 10.1. The molecule has 0 spiro atoms. The van der Waals surface area contributed by atoms with Crippen molar-refractivity contribution in [3.8, 4) is 17.2 Å². The Morgan fingerprint density at radius 2 is 2.33 bits per heavy atom. The number of likely N-dealkylation sites (tertiary alicyclic amines) is 1. The Kier molecular flexibility index (Phi) is 3.59. The number of alkyl halides is 1. The summed E-state index contributed by atoms with van der Waals surface area (Å²) in [5.41, 5.74) is 6.19. The molecule has 21 heavy (non-hydrogen) atoms. The van der Waals surface area contributed by atoms with Crippen LogP contribution >= 0.6 is 0 Å². The zero-order valence-electron chi connectivity index (χ0n) is 11.7. The number of primary amides is 1. The largest absolute Gasteiger partial charge is 0.493 e. The molecule has 2 heterocycles. The van der Waals surface area contributed by atoms with E-state index in [9.17, 15) is 9.18 Å². The highest BCUT2D eigenvalue weighted by Gasteiger charge is 2.36. The predicted octanol–water partition coefficient (Wildman–Crippen LogP) is 0.822. The molecule has 2 aliphatic heterocycles. The van der Waals surface area contributed by atoms with Crippen molar-refractivity contribution >= 4 is 5.91 Å². The number of hydrogen-bond donors (Lipinski definition) is 1. The normalized spacial score (nSPS) is 24.3. The molecule has 0 aromatic heterocycles. The zero-order chi connectivity index (χ0) is 15.0. The van der Waals surface area contributed by atoms with Gasteiger partial charge in [-0.3, -0.25) is 9.69 Å². The fraction of sp³-hybridized carbons (Fsp3) is 0.500. The minimum Gasteiger partial charge on any atom is -0.493 e. The van der Waals surface area contributed by atoms with Gasteiger partial charge in [0.1, 0.15) is 6.17 Å². The summed E-state index contributed by atoms with van der Waals surface area (Å²) in [5.74, 6) is 1.22. The molecular formula is C14H17FN2O4. The Hall–Kier alpha value is -2.02. The van der Waals surface area contributed by atoms with E-state index in [0.29, 0.717) is 23.8 Å². The van der Waals surface area contributed by atoms with Gasteiger partial charge >= 0.3 is 0 Å². The number of halogens is 1. The van der Waals surface area contributed by atoms with E-state index in [1.807, 2.05) is 6.07 Å². The SMILES string of the molecule is COc1cc(CN2C[C@H](F)C[C@H]2C(N)=O)cc2c1OCO2. The lowest BCUT2D eigenvalue weighted by Crippen LogP contribution is -2.39. The summed E-state index contributed by atoms with van der Waals surface area (Å²) in [7, 11) is 1.54. The highest BCUT2D eigenvalue weighted by Crippen LogP contribution is 2.42. The summed E-state index contributed by atoms with van der Waals surface area (Å²) in [6.07, 6.45) is -0.879. The summed E-state index contributed by atoms with van der Waals surface area (Å²) in [6.45, 7) is 0.751. The van der Waals surface area contributed by atoms with E-state index in [4.69, 9.17) is 19.9 Å². The van der Waals surface area contributed by atoms with Crippen LogP contribution < -0.4 is 19.9 Å². The number of amides is 1. The quantitative estimate of drug-likeness (QED) is 0.890. The number of ether oxygens (including phenoxy) is 3. The van der Waals surface area contributed by atoms with Crippen LogP contribution in [0.2, 0.25) is 0 Å². The molecular weight excluding hydrogens is 279 g/mol. The van der Waals surface area contributed by atoms with Gasteiger partial charge in [0.25, 0.3) is 0 Å². The van der Waals surface area contributed by atoms with E-state index in [0.717, 1.165) is 5.56 Å². The van der Waals surface area contributed by atoms with Gasteiger partial charge < -0.3 is 19.9 Å². The molecule has 6 nitrogen and oxygen atoms in total. The summed E-state index contributed by atoms with van der Waals surface area (Å²) in [4.78, 5) is 13.1. The van der Waals surface area contributed by atoms with Crippen LogP contribution in [0.5, 0.6) is 17.2 Å². The first-order valence-corrected chi connectivity index (χ1v) is 6.72. The highest BCUT2D eigenvalue weighted by molar-refractivity contribution is 5.80. The van der Waals surface area contributed by atoms with Crippen LogP contribution in [-0.4, -0.2) is 43.5 Å². The van der Waals surface area contributed by atoms with Crippen molar-refractivity contribution in [2.75, 3.05) is 20.4 Å². The van der Waals surface area contributed by atoms with Crippen LogP contribution in [0.15, 0.2) is 12.1 Å². The van der Waals surface area contributed by atoms with Crippen molar-refractivity contribution < 1.29 is 23.4 Å². The molecule has 2 atom stereocenters. The van der Waals surface area contributed by atoms with Crippen LogP contribution in [0, 0.1) is 0 Å². The number of nitrogens with zero attached hydrogens (tertiary/aromatic N) is 1. The standard InChI is InChI=1S/C14H17FN2O4/c1-19-11-2-8(3-12-13(11)21-7-20-12)5-17-6-9(15)4-10(17)14(16)18/h2-3,9-10H,4-7H2,1H3,(H2,16,18)/t9-,10+/m1/s1. The van der Waals surface area contributed by atoms with Gasteiger partial charge in [-0.1, -0.05) is 0 Å². The number of methoxy groups -OCH3 is 1. The van der Waals surface area contributed by atoms with E-state index in [1.54, 1.807) is 18.1 Å². The van der Waals surface area contributed by atoms with Crippen molar-refractivity contribution in [3.63, 3.8) is 0 Å². The molecule has 2 aliphatic rings. The Labute approximate surface area is 121 Å². The summed E-state index contributed by atoms with van der Waals surface area (Å²) >= 11 is 0. The molecule has 2 N–H and O–H groups in total. The molecule has 3 rings (SSSR count). The van der Waals surface area contributed by atoms with Crippen LogP contribution in [0.1, 0.15) is 12.0 Å². The van der Waals surface area contributed by atoms with Gasteiger partial charge in [0, 0.05) is 19.5 Å². The maximum absolute atomic E-state index is 13.5. The Balaban J connectivity index is 1.83. The van der Waals surface area contributed by atoms with E-state index in [2.05, 4.69) is 0 Å². The van der Waals surface area contributed by atoms with Gasteiger partial charge in [0.05, 0.1) is 13.2 Å². The maximum Gasteiger partial charge on any atom is 0.234 e. The van der Waals surface area contributed by atoms with Gasteiger partial charge in [0.15, 0.2) is 11.5 Å². The molecule has 1 aromatic carbocycles. The molecule has 7 heteroatoms. The van der Waals surface area contributed by atoms with E-state index >= 15 is 0 Å². The first-order valence-electron chi connectivity index (χ1n) is 6.72. The Morgan fingerprint density at radius 1 is 1.52 bits per heavy atom. The average Bonchev–Trinajstić information content (AvgIpc) is 3.04. The number of nitrogens with two attached hydrogens (primary N) is 1. The van der Waals surface area contributed by atoms with Crippen molar-refractivity contribution in [3.05, 3.63) is 17.7 Å². The molecule has 1 amide bonds. The van der Waals surface area contributed by atoms with Gasteiger partial charge in [-0.15, -0.1) is 0 Å². The van der Waals surface area contributed by atoms with E-state index in [-0.39, 0.29) is 19.8 Å². The van der Waals surface area contributed by atoms with Crippen molar-refractivity contribution in [1.29, 1.82) is 0 Å². The number of carbonyl (C=O) groups is 1. The molecule has 0 saturated carbocycles. The number of benzene rings is 1. The molecule has 114 valence electrons. The smallest absolute Gasteiger partial charge is 0.234 e. The summed E-state index contributed by atoms with van der Waals surface area (Å²) in [5, 5.41) is 0. The molecule has 0 bridgehead atoms. The molecule has 1 fully saturated rings. The molecule has 1 aromatic rings. The monoisotopic (exact) mass is 296 g/mol. The average molecular weight is 296 g/mol. The third-order valence-electron chi connectivity index (χ3n) is 3.78. The van der Waals surface area contributed by atoms with Crippen LogP contribution in [0.4, 0.5) is 4.39 Å². The second-order valence-electron chi connectivity index (χ2n) is 5.21. The summed E-state index contributed by atoms with van der Waals surface area (Å²) in [6, 6.07) is 3.04. The van der Waals surface area contributed by atoms with Crippen LogP contribution in [0.3, 0.4) is 0 Å². The second-order valence-corrected chi connectivity index (χ2v) is 5.21. The first kappa shape index (κ1) is 13.9. The van der Waals surface area contributed by atoms with Crippen molar-refractivity contribution in [1.82, 2.24) is 4.90 Å². The molecule has 0 radical (unpaired) electrons. The van der Waals surface area contributed by atoms with Gasteiger partial charge in [-0.25, -0.2) is 4.39 Å². The lowest BCUT2D eigenvalue weighted by molar-refractivity contribution is -0.122. The maximum atomic E-state index is 13.5. The third-order valence-corrected chi connectivity index (χ3v) is 3.78. The molecule has 0 aliphatic carbocycles. The summed E-state index contributed by atoms with van der Waals surface area (Å²) < 4.78 is 29.5. The third kappa shape index (κ3) is 2.61. The van der Waals surface area contributed by atoms with Crippen LogP contribution in [0.25, 0.3) is 0 Å². The van der Waals surface area contributed by atoms with Crippen molar-refractivity contribution in [2.45, 2.75) is 25.2 Å². The predicted molar refractivity (Wildman–Crippen MR) is 72.0 cm³/mol. The molecule has 1 saturated heterocycles. The van der Waals surface area contributed by atoms with Crippen LogP contribution in [-0.2, 0) is 11.3 Å². The number of hydrogen-bond acceptors (Lipinski definition) is 5. The van der Waals surface area contributed by atoms with Gasteiger partial charge in [-0.05, 0) is 17.7 Å². The number of carbonyl (C=O) groups excluding carboxylic acids is 1. The highest BCUT2D eigenvalue weighted by atomic mass is 19.1. The fourth-order valence-electron chi connectivity index (χ4n) is 2.83. The van der Waals surface area contributed by atoms with E-state index < -0.39 is 18.1 Å². The minimum absolute atomic E-state index is 0.148. The zero-order valence-corrected chi connectivity index (χ0v) is 11.7. The second kappa shape index (κ2) is 5.40. The lowest BCUT2D eigenvalue weighted by atomic mass is 10.1. The van der Waals surface area contributed by atoms with Gasteiger partial charge in [-0.2, -0.15) is 0 Å². The minimum atomic E-state index is -1.03. The van der Waals surface area contributed by atoms with Gasteiger partial charge in [0.2, 0.25) is 18.4 Å². The van der Waals surface area contributed by atoms with Crippen molar-refractivity contribution in [2.24, 2.45) is 5.73 Å². The molecule has 0 unspecified atom stereocenters. The Morgan fingerprint density at radius 3 is 3.05 bits per heavy atom. The Bertz CT molecular complexity index is 566. The lowest BCUT2D eigenvalue weighted by Gasteiger charge is -2.21. The fourth-order valence-corrected chi connectivity index (χ4v) is 2.83.